The van der Waals surface area contributed by atoms with Crippen molar-refractivity contribution >= 4 is 12.0 Å². The second-order valence-electron chi connectivity index (χ2n) is 4.17. The Balaban J connectivity index is 2.22. The molecule has 7 heteroatoms. The molecule has 1 aromatic rings. The van der Waals surface area contributed by atoms with Gasteiger partial charge in [0.05, 0.1) is 0 Å². The molecular formula is C13H20N4O3. The number of carbonyl (C=O) groups excluding carboxylic acids is 1. The molecule has 110 valence electrons. The van der Waals surface area contributed by atoms with Crippen molar-refractivity contribution in [3.63, 3.8) is 0 Å². The molecule has 0 saturated heterocycles. The lowest BCUT2D eigenvalue weighted by atomic mass is 10.2. The van der Waals surface area contributed by atoms with E-state index in [1.807, 2.05) is 6.92 Å². The first-order valence-corrected chi connectivity index (χ1v) is 6.54. The Hall–Kier alpha value is -2.15. The van der Waals surface area contributed by atoms with Crippen LogP contribution in [0.25, 0.3) is 0 Å². The van der Waals surface area contributed by atoms with Gasteiger partial charge in [0.15, 0.2) is 0 Å². The summed E-state index contributed by atoms with van der Waals surface area (Å²) >= 11 is 0. The Labute approximate surface area is 117 Å². The highest BCUT2D eigenvalue weighted by atomic mass is 16.4. The van der Waals surface area contributed by atoms with Crippen LogP contribution in [-0.4, -0.2) is 41.7 Å². The zero-order chi connectivity index (χ0) is 14.8. The third-order valence-corrected chi connectivity index (χ3v) is 2.56. The van der Waals surface area contributed by atoms with E-state index in [-0.39, 0.29) is 11.7 Å². The predicted molar refractivity (Wildman–Crippen MR) is 74.6 cm³/mol. The smallest absolute Gasteiger partial charge is 0.354 e. The van der Waals surface area contributed by atoms with E-state index in [0.29, 0.717) is 13.1 Å². The fraction of sp³-hybridized carbons (Fsp3) is 0.462. The van der Waals surface area contributed by atoms with Crippen molar-refractivity contribution in [2.45, 2.75) is 19.9 Å². The number of hydrogen-bond donors (Lipinski definition) is 4. The van der Waals surface area contributed by atoms with E-state index >= 15 is 0 Å². The van der Waals surface area contributed by atoms with E-state index in [9.17, 15) is 9.59 Å². The minimum absolute atomic E-state index is 0.0124. The molecule has 1 heterocycles. The van der Waals surface area contributed by atoms with Gasteiger partial charge in [0.25, 0.3) is 0 Å². The molecular weight excluding hydrogens is 260 g/mol. The summed E-state index contributed by atoms with van der Waals surface area (Å²) in [5, 5.41) is 17.3. The number of rotatable bonds is 8. The van der Waals surface area contributed by atoms with Gasteiger partial charge < -0.3 is 21.1 Å². The van der Waals surface area contributed by atoms with Gasteiger partial charge in [-0.1, -0.05) is 13.0 Å². The number of urea groups is 1. The molecule has 7 nitrogen and oxygen atoms in total. The summed E-state index contributed by atoms with van der Waals surface area (Å²) in [5.41, 5.74) is 0.736. The Morgan fingerprint density at radius 1 is 1.25 bits per heavy atom. The Bertz CT molecular complexity index is 434. The molecule has 0 aliphatic rings. The zero-order valence-corrected chi connectivity index (χ0v) is 11.5. The average molecular weight is 280 g/mol. The summed E-state index contributed by atoms with van der Waals surface area (Å²) in [6.45, 7) is 4.74. The number of nitrogens with zero attached hydrogens (tertiary/aromatic N) is 1. The Morgan fingerprint density at radius 3 is 2.65 bits per heavy atom. The van der Waals surface area contributed by atoms with Crippen molar-refractivity contribution in [3.05, 3.63) is 29.6 Å². The first kappa shape index (κ1) is 15.9. The van der Waals surface area contributed by atoms with Crippen molar-refractivity contribution in [1.82, 2.24) is 20.9 Å². The van der Waals surface area contributed by atoms with Crippen LogP contribution in [0.2, 0.25) is 0 Å². The van der Waals surface area contributed by atoms with Gasteiger partial charge in [0.1, 0.15) is 5.69 Å². The number of aromatic carboxylic acids is 1. The molecule has 2 amide bonds. The molecule has 0 unspecified atom stereocenters. The summed E-state index contributed by atoms with van der Waals surface area (Å²) in [6, 6.07) is 2.79. The molecule has 1 aromatic heterocycles. The van der Waals surface area contributed by atoms with Crippen LogP contribution < -0.4 is 16.0 Å². The number of carboxylic acids is 1. The van der Waals surface area contributed by atoms with E-state index in [4.69, 9.17) is 5.11 Å². The van der Waals surface area contributed by atoms with Crippen molar-refractivity contribution in [2.24, 2.45) is 0 Å². The Kier molecular flexibility index (Phi) is 7.05. The summed E-state index contributed by atoms with van der Waals surface area (Å²) in [7, 11) is 0. The average Bonchev–Trinajstić information content (AvgIpc) is 2.45. The van der Waals surface area contributed by atoms with Gasteiger partial charge >= 0.3 is 12.0 Å². The van der Waals surface area contributed by atoms with Crippen molar-refractivity contribution in [3.8, 4) is 0 Å². The first-order chi connectivity index (χ1) is 9.63. The summed E-state index contributed by atoms with van der Waals surface area (Å²) in [6.07, 6.45) is 2.31. The minimum Gasteiger partial charge on any atom is -0.477 e. The minimum atomic E-state index is -1.07. The maximum Gasteiger partial charge on any atom is 0.354 e. The molecule has 20 heavy (non-hydrogen) atoms. The molecule has 0 aromatic carbocycles. The van der Waals surface area contributed by atoms with Gasteiger partial charge in [0.2, 0.25) is 0 Å². The van der Waals surface area contributed by atoms with Gasteiger partial charge in [0, 0.05) is 19.3 Å². The summed E-state index contributed by atoms with van der Waals surface area (Å²) in [4.78, 5) is 25.9. The highest BCUT2D eigenvalue weighted by Crippen LogP contribution is 1.99. The van der Waals surface area contributed by atoms with Crippen LogP contribution >= 0.6 is 0 Å². The summed E-state index contributed by atoms with van der Waals surface area (Å²) < 4.78 is 0. The quantitative estimate of drug-likeness (QED) is 0.522. The lowest BCUT2D eigenvalue weighted by Crippen LogP contribution is -2.36. The Morgan fingerprint density at radius 2 is 2.05 bits per heavy atom. The molecule has 0 atom stereocenters. The number of carboxylic acid groups (broad SMARTS) is 1. The van der Waals surface area contributed by atoms with Crippen molar-refractivity contribution < 1.29 is 14.7 Å². The number of hydrogen-bond acceptors (Lipinski definition) is 4. The third-order valence-electron chi connectivity index (χ3n) is 2.56. The molecule has 0 radical (unpaired) electrons. The van der Waals surface area contributed by atoms with Crippen molar-refractivity contribution in [1.29, 1.82) is 0 Å². The van der Waals surface area contributed by atoms with Crippen molar-refractivity contribution in [2.75, 3.05) is 19.6 Å². The molecule has 0 aliphatic carbocycles. The number of nitrogens with one attached hydrogen (secondary N) is 3. The normalized spacial score (nSPS) is 10.1. The standard InChI is InChI=1S/C13H20N4O3/c1-2-14-6-3-7-15-13(20)17-9-10-4-5-11(12(18)19)16-8-10/h4-5,8,14H,2-3,6-7,9H2,1H3,(H,18,19)(H2,15,17,20). The largest absolute Gasteiger partial charge is 0.477 e. The molecule has 4 N–H and O–H groups in total. The lowest BCUT2D eigenvalue weighted by Gasteiger charge is -2.07. The third kappa shape index (κ3) is 6.14. The van der Waals surface area contributed by atoms with Crippen LogP contribution in [0.15, 0.2) is 18.3 Å². The van der Waals surface area contributed by atoms with E-state index in [1.165, 1.54) is 12.3 Å². The number of amides is 2. The number of pyridine rings is 1. The zero-order valence-electron chi connectivity index (χ0n) is 11.5. The maximum atomic E-state index is 11.5. The highest BCUT2D eigenvalue weighted by molar-refractivity contribution is 5.85. The molecule has 0 fully saturated rings. The lowest BCUT2D eigenvalue weighted by molar-refractivity contribution is 0.0690. The van der Waals surface area contributed by atoms with Gasteiger partial charge in [-0.25, -0.2) is 14.6 Å². The topological polar surface area (TPSA) is 103 Å². The van der Waals surface area contributed by atoms with Crippen LogP contribution in [0, 0.1) is 0 Å². The molecule has 1 rings (SSSR count). The summed E-state index contributed by atoms with van der Waals surface area (Å²) in [5.74, 6) is -1.07. The first-order valence-electron chi connectivity index (χ1n) is 6.54. The monoisotopic (exact) mass is 280 g/mol. The van der Waals surface area contributed by atoms with E-state index in [1.54, 1.807) is 6.07 Å². The van der Waals surface area contributed by atoms with Gasteiger partial charge in [-0.05, 0) is 31.1 Å². The fourth-order valence-electron chi connectivity index (χ4n) is 1.49. The number of carbonyl (C=O) groups is 2. The van der Waals surface area contributed by atoms with Gasteiger partial charge in [-0.3, -0.25) is 0 Å². The van der Waals surface area contributed by atoms with E-state index in [2.05, 4.69) is 20.9 Å². The predicted octanol–water partition coefficient (Wildman–Crippen LogP) is 0.579. The fourth-order valence-corrected chi connectivity index (χ4v) is 1.49. The van der Waals surface area contributed by atoms with E-state index < -0.39 is 5.97 Å². The maximum absolute atomic E-state index is 11.5. The van der Waals surface area contributed by atoms with Crippen LogP contribution in [-0.2, 0) is 6.54 Å². The molecule has 0 bridgehead atoms. The van der Waals surface area contributed by atoms with Gasteiger partial charge in [-0.2, -0.15) is 0 Å². The highest BCUT2D eigenvalue weighted by Gasteiger charge is 2.04. The SMILES string of the molecule is CCNCCCNC(=O)NCc1ccc(C(=O)O)nc1. The molecule has 0 aliphatic heterocycles. The van der Waals surface area contributed by atoms with Crippen LogP contribution in [0.4, 0.5) is 4.79 Å². The number of aromatic nitrogens is 1. The van der Waals surface area contributed by atoms with Crippen LogP contribution in [0.1, 0.15) is 29.4 Å². The van der Waals surface area contributed by atoms with Crippen LogP contribution in [0.3, 0.4) is 0 Å². The van der Waals surface area contributed by atoms with E-state index in [0.717, 1.165) is 25.1 Å². The van der Waals surface area contributed by atoms with Gasteiger partial charge in [-0.15, -0.1) is 0 Å². The second-order valence-corrected chi connectivity index (χ2v) is 4.17. The molecule has 0 spiro atoms. The van der Waals surface area contributed by atoms with Crippen LogP contribution in [0.5, 0.6) is 0 Å². The second kappa shape index (κ2) is 8.87. The molecule has 0 saturated carbocycles.